The van der Waals surface area contributed by atoms with Crippen molar-refractivity contribution < 1.29 is 9.53 Å². The van der Waals surface area contributed by atoms with Crippen LogP contribution in [-0.4, -0.2) is 21.7 Å². The molecular formula is C25H18N4O2. The molecule has 0 spiro atoms. The SMILES string of the molecule is O=C(N=C1c2ccccc2CN1c1ncccn1)c1cccc(Oc2ccccc2)c1. The van der Waals surface area contributed by atoms with Gasteiger partial charge in [-0.2, -0.15) is 4.99 Å². The summed E-state index contributed by atoms with van der Waals surface area (Å²) in [6.45, 7) is 0.559. The lowest BCUT2D eigenvalue weighted by Gasteiger charge is -2.16. The highest BCUT2D eigenvalue weighted by molar-refractivity contribution is 6.18. The van der Waals surface area contributed by atoms with Gasteiger partial charge in [0.05, 0.1) is 6.54 Å². The summed E-state index contributed by atoms with van der Waals surface area (Å²) in [5.74, 6) is 1.97. The van der Waals surface area contributed by atoms with E-state index in [2.05, 4.69) is 15.0 Å². The van der Waals surface area contributed by atoms with Gasteiger partial charge in [0.2, 0.25) is 5.95 Å². The Morgan fingerprint density at radius 1 is 0.839 bits per heavy atom. The lowest BCUT2D eigenvalue weighted by Crippen LogP contribution is -2.27. The lowest BCUT2D eigenvalue weighted by molar-refractivity contribution is 0.100. The number of aliphatic imine (C=N–C) groups is 1. The van der Waals surface area contributed by atoms with Crippen molar-refractivity contribution in [3.05, 3.63) is 114 Å². The number of amidine groups is 1. The molecule has 0 unspecified atom stereocenters. The van der Waals surface area contributed by atoms with E-state index in [1.165, 1.54) is 0 Å². The van der Waals surface area contributed by atoms with Gasteiger partial charge in [0, 0.05) is 23.5 Å². The molecule has 2 heterocycles. The first kappa shape index (κ1) is 18.7. The van der Waals surface area contributed by atoms with Crippen molar-refractivity contribution in [1.29, 1.82) is 0 Å². The van der Waals surface area contributed by atoms with Crippen LogP contribution in [-0.2, 0) is 6.54 Å². The smallest absolute Gasteiger partial charge is 0.279 e. The summed E-state index contributed by atoms with van der Waals surface area (Å²) in [4.78, 5) is 28.1. The normalized spacial score (nSPS) is 13.8. The number of anilines is 1. The summed E-state index contributed by atoms with van der Waals surface area (Å²) in [5, 5.41) is 0. The zero-order chi connectivity index (χ0) is 21.0. The molecule has 6 nitrogen and oxygen atoms in total. The molecule has 0 bridgehead atoms. The number of aromatic nitrogens is 2. The molecule has 0 atom stereocenters. The third-order valence-corrected chi connectivity index (χ3v) is 4.90. The van der Waals surface area contributed by atoms with Crippen LogP contribution in [0.1, 0.15) is 21.5 Å². The van der Waals surface area contributed by atoms with E-state index >= 15 is 0 Å². The van der Waals surface area contributed by atoms with Crippen molar-refractivity contribution in [3.8, 4) is 11.5 Å². The molecule has 0 radical (unpaired) electrons. The fraction of sp³-hybridized carbons (Fsp3) is 0.0400. The lowest BCUT2D eigenvalue weighted by atomic mass is 10.1. The molecule has 150 valence electrons. The van der Waals surface area contributed by atoms with Crippen molar-refractivity contribution in [1.82, 2.24) is 9.97 Å². The van der Waals surface area contributed by atoms with E-state index < -0.39 is 0 Å². The fourth-order valence-electron chi connectivity index (χ4n) is 3.46. The summed E-state index contributed by atoms with van der Waals surface area (Å²) >= 11 is 0. The van der Waals surface area contributed by atoms with Gasteiger partial charge in [-0.05, 0) is 42.0 Å². The Morgan fingerprint density at radius 3 is 2.42 bits per heavy atom. The number of rotatable bonds is 4. The quantitative estimate of drug-likeness (QED) is 0.483. The van der Waals surface area contributed by atoms with Gasteiger partial charge in [-0.1, -0.05) is 48.5 Å². The Balaban J connectivity index is 1.48. The first-order valence-corrected chi connectivity index (χ1v) is 9.87. The first-order chi connectivity index (χ1) is 15.3. The molecule has 5 rings (SSSR count). The van der Waals surface area contributed by atoms with Crippen LogP contribution in [0.5, 0.6) is 11.5 Å². The summed E-state index contributed by atoms with van der Waals surface area (Å²) < 4.78 is 5.85. The zero-order valence-corrected chi connectivity index (χ0v) is 16.6. The van der Waals surface area contributed by atoms with Crippen molar-refractivity contribution in [2.24, 2.45) is 4.99 Å². The Morgan fingerprint density at radius 2 is 1.58 bits per heavy atom. The third-order valence-electron chi connectivity index (χ3n) is 4.90. The minimum Gasteiger partial charge on any atom is -0.457 e. The van der Waals surface area contributed by atoms with Gasteiger partial charge in [0.25, 0.3) is 5.91 Å². The Bertz CT molecular complexity index is 1260. The molecule has 0 saturated carbocycles. The molecule has 31 heavy (non-hydrogen) atoms. The number of benzene rings is 3. The van der Waals surface area contributed by atoms with Crippen molar-refractivity contribution in [2.45, 2.75) is 6.54 Å². The molecule has 0 N–H and O–H groups in total. The van der Waals surface area contributed by atoms with Crippen molar-refractivity contribution in [2.75, 3.05) is 4.90 Å². The van der Waals surface area contributed by atoms with Gasteiger partial charge < -0.3 is 4.74 Å². The van der Waals surface area contributed by atoms with Gasteiger partial charge in [-0.25, -0.2) is 9.97 Å². The van der Waals surface area contributed by atoms with E-state index in [4.69, 9.17) is 4.74 Å². The van der Waals surface area contributed by atoms with Gasteiger partial charge in [-0.3, -0.25) is 9.69 Å². The number of ether oxygens (including phenoxy) is 1. The number of hydrogen-bond donors (Lipinski definition) is 0. The molecule has 3 aromatic carbocycles. The summed E-state index contributed by atoms with van der Waals surface area (Å²) in [6.07, 6.45) is 3.35. The van der Waals surface area contributed by atoms with Crippen LogP contribution in [0, 0.1) is 0 Å². The number of hydrogen-bond acceptors (Lipinski definition) is 4. The molecule has 6 heteroatoms. The molecule has 0 fully saturated rings. The van der Waals surface area contributed by atoms with Gasteiger partial charge in [-0.15, -0.1) is 0 Å². The van der Waals surface area contributed by atoms with Crippen LogP contribution >= 0.6 is 0 Å². The number of para-hydroxylation sites is 1. The molecule has 0 aliphatic carbocycles. The standard InChI is InChI=1S/C25H18N4O2/c30-24(18-9-6-12-21(16-18)31-20-10-2-1-3-11-20)28-23-22-13-5-4-8-19(22)17-29(23)25-26-14-7-15-27-25/h1-16H,17H2. The van der Waals surface area contributed by atoms with Crippen molar-refractivity contribution in [3.63, 3.8) is 0 Å². The second kappa shape index (κ2) is 8.20. The van der Waals surface area contributed by atoms with E-state index in [-0.39, 0.29) is 5.91 Å². The molecular weight excluding hydrogens is 388 g/mol. The van der Waals surface area contributed by atoms with Crippen molar-refractivity contribution >= 4 is 17.7 Å². The van der Waals surface area contributed by atoms with Gasteiger partial charge >= 0.3 is 0 Å². The number of carbonyl (C=O) groups is 1. The van der Waals surface area contributed by atoms with E-state index in [1.807, 2.05) is 65.6 Å². The predicted molar refractivity (Wildman–Crippen MR) is 118 cm³/mol. The number of carbonyl (C=O) groups excluding carboxylic acids is 1. The molecule has 1 amide bonds. The fourth-order valence-corrected chi connectivity index (χ4v) is 3.46. The molecule has 1 aromatic heterocycles. The number of fused-ring (bicyclic) bond motifs is 1. The molecule has 4 aromatic rings. The minimum absolute atomic E-state index is 0.355. The Labute approximate surface area is 179 Å². The highest BCUT2D eigenvalue weighted by Gasteiger charge is 2.29. The zero-order valence-electron chi connectivity index (χ0n) is 16.6. The summed E-state index contributed by atoms with van der Waals surface area (Å²) in [6, 6.07) is 26.1. The van der Waals surface area contributed by atoms with E-state index in [1.54, 1.807) is 36.7 Å². The molecule has 1 aliphatic rings. The topological polar surface area (TPSA) is 67.7 Å². The highest BCUT2D eigenvalue weighted by Crippen LogP contribution is 2.27. The van der Waals surface area contributed by atoms with Gasteiger partial charge in [0.15, 0.2) is 0 Å². The third kappa shape index (κ3) is 3.91. The van der Waals surface area contributed by atoms with Gasteiger partial charge in [0.1, 0.15) is 17.3 Å². The average molecular weight is 406 g/mol. The van der Waals surface area contributed by atoms with Crippen LogP contribution in [0.15, 0.2) is 102 Å². The second-order valence-corrected chi connectivity index (χ2v) is 6.98. The van der Waals surface area contributed by atoms with Crippen LogP contribution in [0.3, 0.4) is 0 Å². The Hall–Kier alpha value is -4.32. The second-order valence-electron chi connectivity index (χ2n) is 6.98. The largest absolute Gasteiger partial charge is 0.457 e. The summed E-state index contributed by atoms with van der Waals surface area (Å²) in [7, 11) is 0. The molecule has 1 aliphatic heterocycles. The minimum atomic E-state index is -0.355. The monoisotopic (exact) mass is 406 g/mol. The Kier molecular flexibility index (Phi) is 4.94. The van der Waals surface area contributed by atoms with E-state index in [0.717, 1.165) is 11.1 Å². The molecule has 0 saturated heterocycles. The number of amides is 1. The predicted octanol–water partition coefficient (Wildman–Crippen LogP) is 4.88. The van der Waals surface area contributed by atoms with Crippen LogP contribution in [0.25, 0.3) is 0 Å². The average Bonchev–Trinajstić information content (AvgIpc) is 3.19. The maximum absolute atomic E-state index is 13.1. The van der Waals surface area contributed by atoms with E-state index in [9.17, 15) is 4.79 Å². The first-order valence-electron chi connectivity index (χ1n) is 9.87. The number of nitrogens with zero attached hydrogens (tertiary/aromatic N) is 4. The van der Waals surface area contributed by atoms with Crippen LogP contribution in [0.4, 0.5) is 5.95 Å². The van der Waals surface area contributed by atoms with E-state index in [0.29, 0.717) is 35.4 Å². The summed E-state index contributed by atoms with van der Waals surface area (Å²) in [5.41, 5.74) is 2.42. The van der Waals surface area contributed by atoms with Crippen LogP contribution in [0.2, 0.25) is 0 Å². The van der Waals surface area contributed by atoms with Crippen LogP contribution < -0.4 is 9.64 Å². The highest BCUT2D eigenvalue weighted by atomic mass is 16.5. The maximum atomic E-state index is 13.1. The maximum Gasteiger partial charge on any atom is 0.279 e.